The van der Waals surface area contributed by atoms with Gasteiger partial charge in [-0.15, -0.1) is 0 Å². The maximum atomic E-state index is 10.6. The van der Waals surface area contributed by atoms with Crippen molar-refractivity contribution >= 4 is 16.8 Å². The van der Waals surface area contributed by atoms with Crippen LogP contribution in [0, 0.1) is 17.8 Å². The number of hydrogen-bond donors (Lipinski definition) is 0. The highest BCUT2D eigenvalue weighted by Crippen LogP contribution is 2.21. The molecular weight excluding hydrogens is 232 g/mol. The van der Waals surface area contributed by atoms with Crippen LogP contribution in [0.25, 0.3) is 0 Å². The molecule has 0 aliphatic carbocycles. The van der Waals surface area contributed by atoms with Gasteiger partial charge in [-0.05, 0) is 54.7 Å². The van der Waals surface area contributed by atoms with Gasteiger partial charge in [-0.1, -0.05) is 39.8 Å². The lowest BCUT2D eigenvalue weighted by molar-refractivity contribution is -0.107. The van der Waals surface area contributed by atoms with Gasteiger partial charge in [0, 0.05) is 6.08 Å². The van der Waals surface area contributed by atoms with Crippen LogP contribution in [-0.2, 0) is 4.79 Å². The third-order valence-electron chi connectivity index (χ3n) is 3.17. The summed E-state index contributed by atoms with van der Waals surface area (Å²) in [5.74, 6) is 2.19. The van der Waals surface area contributed by atoms with E-state index in [-0.39, 0.29) is 0 Å². The van der Waals surface area contributed by atoms with Gasteiger partial charge in [-0.25, -0.2) is 0 Å². The SMILES string of the molecule is CC(/C=C/CC(C)CC(C)C(C)C)=C\C(=O)Cl. The molecular formula is C15H25ClO. The smallest absolute Gasteiger partial charge is 0.245 e. The van der Waals surface area contributed by atoms with Crippen molar-refractivity contribution in [2.75, 3.05) is 0 Å². The van der Waals surface area contributed by atoms with Crippen molar-refractivity contribution in [1.29, 1.82) is 0 Å². The van der Waals surface area contributed by atoms with Gasteiger partial charge in [0.2, 0.25) is 5.24 Å². The molecule has 0 heterocycles. The zero-order valence-electron chi connectivity index (χ0n) is 11.7. The molecule has 0 N–H and O–H groups in total. The first kappa shape index (κ1) is 16.4. The molecule has 2 atom stereocenters. The number of carbonyl (C=O) groups excluding carboxylic acids is 1. The Hall–Kier alpha value is -0.560. The molecule has 0 saturated heterocycles. The molecule has 0 amide bonds. The fourth-order valence-corrected chi connectivity index (χ4v) is 1.89. The van der Waals surface area contributed by atoms with Crippen molar-refractivity contribution in [3.8, 4) is 0 Å². The average Bonchev–Trinajstić information content (AvgIpc) is 2.15. The number of allylic oxidation sites excluding steroid dienone is 4. The van der Waals surface area contributed by atoms with Crippen LogP contribution in [0.2, 0.25) is 0 Å². The molecule has 0 radical (unpaired) electrons. The quantitative estimate of drug-likeness (QED) is 0.357. The minimum atomic E-state index is -0.409. The predicted molar refractivity (Wildman–Crippen MR) is 76.2 cm³/mol. The van der Waals surface area contributed by atoms with Gasteiger partial charge in [-0.3, -0.25) is 4.79 Å². The van der Waals surface area contributed by atoms with Gasteiger partial charge in [0.25, 0.3) is 0 Å². The van der Waals surface area contributed by atoms with Crippen molar-refractivity contribution < 1.29 is 4.79 Å². The zero-order chi connectivity index (χ0) is 13.4. The molecule has 17 heavy (non-hydrogen) atoms. The van der Waals surface area contributed by atoms with Crippen molar-refractivity contribution in [2.24, 2.45) is 17.8 Å². The van der Waals surface area contributed by atoms with Gasteiger partial charge < -0.3 is 0 Å². The third-order valence-corrected chi connectivity index (χ3v) is 3.28. The summed E-state index contributed by atoms with van der Waals surface area (Å²) in [5, 5.41) is -0.409. The van der Waals surface area contributed by atoms with Crippen molar-refractivity contribution in [1.82, 2.24) is 0 Å². The van der Waals surface area contributed by atoms with E-state index in [1.807, 2.05) is 13.0 Å². The average molecular weight is 257 g/mol. The first-order valence-electron chi connectivity index (χ1n) is 6.37. The second-order valence-electron chi connectivity index (χ2n) is 5.39. The summed E-state index contributed by atoms with van der Waals surface area (Å²) in [4.78, 5) is 10.6. The summed E-state index contributed by atoms with van der Waals surface area (Å²) in [5.41, 5.74) is 0.911. The Bertz CT molecular complexity index is 289. The standard InChI is InChI=1S/C15H25ClO/c1-11(2)14(5)9-12(3)7-6-8-13(4)10-15(16)17/h6,8,10-12,14H,7,9H2,1-5H3/b8-6+,13-10+. The van der Waals surface area contributed by atoms with E-state index in [1.165, 1.54) is 12.5 Å². The van der Waals surface area contributed by atoms with Crippen molar-refractivity contribution in [2.45, 2.75) is 47.5 Å². The van der Waals surface area contributed by atoms with Crippen molar-refractivity contribution in [3.05, 3.63) is 23.8 Å². The second-order valence-corrected chi connectivity index (χ2v) is 5.77. The Balaban J connectivity index is 4.03. The predicted octanol–water partition coefficient (Wildman–Crippen LogP) is 4.96. The molecule has 0 saturated carbocycles. The van der Waals surface area contributed by atoms with Gasteiger partial charge in [0.05, 0.1) is 0 Å². The Kier molecular flexibility index (Phi) is 8.24. The monoisotopic (exact) mass is 256 g/mol. The van der Waals surface area contributed by atoms with E-state index < -0.39 is 5.24 Å². The molecule has 0 aliphatic rings. The maximum absolute atomic E-state index is 10.6. The van der Waals surface area contributed by atoms with Crippen LogP contribution in [0.5, 0.6) is 0 Å². The molecule has 0 fully saturated rings. The second kappa shape index (κ2) is 8.52. The zero-order valence-corrected chi connectivity index (χ0v) is 12.4. The van der Waals surface area contributed by atoms with Gasteiger partial charge >= 0.3 is 0 Å². The summed E-state index contributed by atoms with van der Waals surface area (Å²) in [7, 11) is 0. The van der Waals surface area contributed by atoms with Crippen LogP contribution in [0.1, 0.15) is 47.5 Å². The first-order chi connectivity index (χ1) is 7.82. The molecule has 2 unspecified atom stereocenters. The Morgan fingerprint density at radius 3 is 2.29 bits per heavy atom. The summed E-state index contributed by atoms with van der Waals surface area (Å²) in [6, 6.07) is 0. The highest BCUT2D eigenvalue weighted by molar-refractivity contribution is 6.66. The van der Waals surface area contributed by atoms with Gasteiger partial charge in [-0.2, -0.15) is 0 Å². The van der Waals surface area contributed by atoms with Crippen LogP contribution in [0.3, 0.4) is 0 Å². The third kappa shape index (κ3) is 9.17. The number of rotatable bonds is 7. The summed E-state index contributed by atoms with van der Waals surface area (Å²) >= 11 is 5.27. The molecule has 0 aromatic heterocycles. The van der Waals surface area contributed by atoms with E-state index >= 15 is 0 Å². The Morgan fingerprint density at radius 1 is 1.24 bits per heavy atom. The Labute approximate surface area is 111 Å². The van der Waals surface area contributed by atoms with E-state index in [1.54, 1.807) is 0 Å². The minimum absolute atomic E-state index is 0.409. The molecule has 0 rings (SSSR count). The topological polar surface area (TPSA) is 17.1 Å². The summed E-state index contributed by atoms with van der Waals surface area (Å²) in [6.07, 6.45) is 7.84. The number of carbonyl (C=O) groups is 1. The Morgan fingerprint density at radius 2 is 1.82 bits per heavy atom. The van der Waals surface area contributed by atoms with Gasteiger partial charge in [0.1, 0.15) is 0 Å². The van der Waals surface area contributed by atoms with E-state index in [2.05, 4.69) is 33.8 Å². The van der Waals surface area contributed by atoms with Crippen LogP contribution >= 0.6 is 11.6 Å². The van der Waals surface area contributed by atoms with Crippen LogP contribution < -0.4 is 0 Å². The van der Waals surface area contributed by atoms with Crippen LogP contribution in [-0.4, -0.2) is 5.24 Å². The van der Waals surface area contributed by atoms with Gasteiger partial charge in [0.15, 0.2) is 0 Å². The molecule has 0 aromatic rings. The highest BCUT2D eigenvalue weighted by atomic mass is 35.5. The van der Waals surface area contributed by atoms with E-state index in [4.69, 9.17) is 11.6 Å². The molecule has 1 nitrogen and oxygen atoms in total. The lowest BCUT2D eigenvalue weighted by Gasteiger charge is -2.19. The lowest BCUT2D eigenvalue weighted by atomic mass is 9.87. The molecule has 2 heteroatoms. The van der Waals surface area contributed by atoms with E-state index in [0.29, 0.717) is 5.92 Å². The lowest BCUT2D eigenvalue weighted by Crippen LogP contribution is -2.08. The molecule has 0 aliphatic heterocycles. The molecule has 0 spiro atoms. The highest BCUT2D eigenvalue weighted by Gasteiger charge is 2.10. The van der Waals surface area contributed by atoms with E-state index in [0.717, 1.165) is 23.8 Å². The fraction of sp³-hybridized carbons (Fsp3) is 0.667. The maximum Gasteiger partial charge on any atom is 0.245 e. The number of hydrogen-bond acceptors (Lipinski definition) is 1. The van der Waals surface area contributed by atoms with Crippen molar-refractivity contribution in [3.63, 3.8) is 0 Å². The first-order valence-corrected chi connectivity index (χ1v) is 6.75. The summed E-state index contributed by atoms with van der Waals surface area (Å²) in [6.45, 7) is 11.0. The van der Waals surface area contributed by atoms with E-state index in [9.17, 15) is 4.79 Å². The fourth-order valence-electron chi connectivity index (χ4n) is 1.72. The van der Waals surface area contributed by atoms with Crippen LogP contribution in [0.15, 0.2) is 23.8 Å². The number of halogens is 1. The molecule has 0 aromatic carbocycles. The molecule has 98 valence electrons. The summed E-state index contributed by atoms with van der Waals surface area (Å²) < 4.78 is 0. The minimum Gasteiger partial charge on any atom is -0.276 e. The molecule has 0 bridgehead atoms. The largest absolute Gasteiger partial charge is 0.276 e. The normalized spacial score (nSPS) is 16.5. The van der Waals surface area contributed by atoms with Crippen LogP contribution in [0.4, 0.5) is 0 Å².